The van der Waals surface area contributed by atoms with E-state index < -0.39 is 34.5 Å². The second-order valence-electron chi connectivity index (χ2n) is 9.78. The molecule has 2 fully saturated rings. The van der Waals surface area contributed by atoms with Gasteiger partial charge in [-0.1, -0.05) is 42.5 Å². The van der Waals surface area contributed by atoms with Gasteiger partial charge in [-0.3, -0.25) is 19.3 Å². The van der Waals surface area contributed by atoms with Crippen LogP contribution < -0.4 is 10.2 Å². The number of benzene rings is 2. The van der Waals surface area contributed by atoms with Crippen molar-refractivity contribution >= 4 is 29.2 Å². The van der Waals surface area contributed by atoms with E-state index in [0.29, 0.717) is 29.9 Å². The summed E-state index contributed by atoms with van der Waals surface area (Å²) in [6, 6.07) is 13.8. The van der Waals surface area contributed by atoms with Crippen LogP contribution in [0.2, 0.25) is 0 Å². The predicted molar refractivity (Wildman–Crippen MR) is 128 cm³/mol. The molecule has 4 aliphatic heterocycles. The average molecular weight is 474 g/mol. The van der Waals surface area contributed by atoms with Crippen molar-refractivity contribution in [2.75, 3.05) is 30.4 Å². The Morgan fingerprint density at radius 1 is 1.20 bits per heavy atom. The molecule has 35 heavy (non-hydrogen) atoms. The van der Waals surface area contributed by atoms with Gasteiger partial charge in [-0.2, -0.15) is 0 Å². The van der Waals surface area contributed by atoms with Crippen molar-refractivity contribution in [1.82, 2.24) is 4.90 Å². The van der Waals surface area contributed by atoms with Crippen molar-refractivity contribution < 1.29 is 24.2 Å². The summed E-state index contributed by atoms with van der Waals surface area (Å²) in [5.41, 5.74) is -2.78. The number of anilines is 2. The molecule has 0 aromatic heterocycles. The van der Waals surface area contributed by atoms with Gasteiger partial charge in [0.05, 0.1) is 12.8 Å². The molecule has 2 aromatic rings. The minimum absolute atomic E-state index is 0.0707. The lowest BCUT2D eigenvalue weighted by molar-refractivity contribution is -0.183. The monoisotopic (exact) mass is 473 g/mol. The number of esters is 1. The lowest BCUT2D eigenvalue weighted by atomic mass is 9.61. The second-order valence-corrected chi connectivity index (χ2v) is 9.78. The number of amides is 2. The number of carbonyl (C=O) groups excluding carboxylic acids is 3. The quantitative estimate of drug-likeness (QED) is 0.522. The van der Waals surface area contributed by atoms with Gasteiger partial charge >= 0.3 is 5.97 Å². The maximum atomic E-state index is 14.1. The summed E-state index contributed by atoms with van der Waals surface area (Å²) in [4.78, 5) is 45.2. The highest BCUT2D eigenvalue weighted by Crippen LogP contribution is 2.66. The first-order chi connectivity index (χ1) is 16.9. The van der Waals surface area contributed by atoms with Crippen LogP contribution in [0.4, 0.5) is 11.4 Å². The molecule has 8 heteroatoms. The first-order valence-corrected chi connectivity index (χ1v) is 11.9. The van der Waals surface area contributed by atoms with Crippen LogP contribution >= 0.6 is 0 Å². The van der Waals surface area contributed by atoms with E-state index in [-0.39, 0.29) is 18.9 Å². The van der Waals surface area contributed by atoms with E-state index >= 15 is 0 Å². The van der Waals surface area contributed by atoms with E-state index in [1.165, 1.54) is 12.0 Å². The van der Waals surface area contributed by atoms with E-state index in [2.05, 4.69) is 11.9 Å². The molecule has 2 amide bonds. The number of para-hydroxylation sites is 2. The lowest BCUT2D eigenvalue weighted by Crippen LogP contribution is -2.61. The molecule has 2 saturated heterocycles. The van der Waals surface area contributed by atoms with E-state index in [0.717, 1.165) is 12.0 Å². The number of methoxy groups -OCH3 is 1. The minimum Gasteiger partial charge on any atom is -0.468 e. The number of hydrogen-bond acceptors (Lipinski definition) is 6. The Hall–Kier alpha value is -3.49. The standard InChI is InChI=1S/C27H27N3O5/c1-3-14-29-20-12-7-5-10-18(20)27(34,23(29)32)25(24(33)35-2)16-26(30-15-8-13-21(25)30)17-9-4-6-11-19(17)28-22(26)31/h3-7,9-12,21,34H,1,8,13-16H2,2H3,(H,28,31). The molecule has 6 rings (SSSR count). The summed E-state index contributed by atoms with van der Waals surface area (Å²) in [5, 5.41) is 15.6. The molecule has 8 nitrogen and oxygen atoms in total. The second kappa shape index (κ2) is 7.26. The topological polar surface area (TPSA) is 99.2 Å². The molecule has 0 aliphatic carbocycles. The van der Waals surface area contributed by atoms with E-state index in [1.54, 1.807) is 30.3 Å². The smallest absolute Gasteiger partial charge is 0.317 e. The summed E-state index contributed by atoms with van der Waals surface area (Å²) in [6.07, 6.45) is 2.79. The molecule has 4 atom stereocenters. The van der Waals surface area contributed by atoms with Crippen LogP contribution in [0.25, 0.3) is 0 Å². The molecular formula is C27H27N3O5. The van der Waals surface area contributed by atoms with Gasteiger partial charge in [-0.25, -0.2) is 0 Å². The van der Waals surface area contributed by atoms with Gasteiger partial charge in [0.25, 0.3) is 5.91 Å². The molecular weight excluding hydrogens is 446 g/mol. The van der Waals surface area contributed by atoms with Gasteiger partial charge in [0, 0.05) is 35.8 Å². The Balaban J connectivity index is 1.64. The summed E-state index contributed by atoms with van der Waals surface area (Å²) in [7, 11) is 1.27. The lowest BCUT2D eigenvalue weighted by Gasteiger charge is -2.42. The maximum absolute atomic E-state index is 14.1. The van der Waals surface area contributed by atoms with Crippen molar-refractivity contribution in [3.63, 3.8) is 0 Å². The molecule has 4 heterocycles. The van der Waals surface area contributed by atoms with Crippen molar-refractivity contribution in [1.29, 1.82) is 0 Å². The van der Waals surface area contributed by atoms with E-state index in [1.807, 2.05) is 29.2 Å². The Bertz CT molecular complexity index is 1290. The first-order valence-electron chi connectivity index (χ1n) is 11.9. The van der Waals surface area contributed by atoms with Crippen LogP contribution in [-0.2, 0) is 30.3 Å². The summed E-state index contributed by atoms with van der Waals surface area (Å²) >= 11 is 0. The molecule has 0 saturated carbocycles. The number of carbonyl (C=O) groups is 3. The number of rotatable bonds is 4. The van der Waals surface area contributed by atoms with Gasteiger partial charge in [-0.15, -0.1) is 6.58 Å². The van der Waals surface area contributed by atoms with Gasteiger partial charge in [0.2, 0.25) is 5.91 Å². The normalized spacial score (nSPS) is 33.0. The van der Waals surface area contributed by atoms with Gasteiger partial charge in [-0.05, 0) is 31.5 Å². The van der Waals surface area contributed by atoms with E-state index in [4.69, 9.17) is 4.74 Å². The molecule has 0 bridgehead atoms. The third kappa shape index (κ3) is 2.36. The number of hydrogen-bond donors (Lipinski definition) is 2. The van der Waals surface area contributed by atoms with Crippen molar-refractivity contribution in [3.8, 4) is 0 Å². The number of nitrogens with one attached hydrogen (secondary N) is 1. The molecule has 1 spiro atoms. The highest BCUT2D eigenvalue weighted by atomic mass is 16.5. The van der Waals surface area contributed by atoms with Gasteiger partial charge < -0.3 is 20.1 Å². The molecule has 0 radical (unpaired) electrons. The van der Waals surface area contributed by atoms with Gasteiger partial charge in [0.1, 0.15) is 11.0 Å². The van der Waals surface area contributed by atoms with Crippen LogP contribution in [0.15, 0.2) is 61.2 Å². The van der Waals surface area contributed by atoms with Gasteiger partial charge in [0.15, 0.2) is 5.60 Å². The minimum atomic E-state index is -2.21. The Morgan fingerprint density at radius 2 is 1.91 bits per heavy atom. The molecule has 4 aliphatic rings. The Kier molecular flexibility index (Phi) is 4.56. The Morgan fingerprint density at radius 3 is 2.66 bits per heavy atom. The fraction of sp³-hybridized carbons (Fsp3) is 0.370. The number of aliphatic hydroxyl groups is 1. The number of nitrogens with zero attached hydrogens (tertiary/aromatic N) is 2. The predicted octanol–water partition coefficient (Wildman–Crippen LogP) is 2.28. The van der Waals surface area contributed by atoms with Crippen molar-refractivity contribution in [3.05, 3.63) is 72.3 Å². The maximum Gasteiger partial charge on any atom is 0.317 e. The zero-order valence-corrected chi connectivity index (χ0v) is 19.5. The fourth-order valence-electron chi connectivity index (χ4n) is 7.20. The highest BCUT2D eigenvalue weighted by molar-refractivity contribution is 6.12. The summed E-state index contributed by atoms with van der Waals surface area (Å²) in [6.45, 7) is 4.50. The van der Waals surface area contributed by atoms with Crippen LogP contribution in [0.1, 0.15) is 30.4 Å². The summed E-state index contributed by atoms with van der Waals surface area (Å²) in [5.74, 6) is -1.53. The van der Waals surface area contributed by atoms with Crippen molar-refractivity contribution in [2.24, 2.45) is 5.41 Å². The highest BCUT2D eigenvalue weighted by Gasteiger charge is 2.79. The fourth-order valence-corrected chi connectivity index (χ4v) is 7.20. The zero-order chi connectivity index (χ0) is 24.6. The van der Waals surface area contributed by atoms with Crippen LogP contribution in [-0.4, -0.2) is 54.0 Å². The molecule has 2 aromatic carbocycles. The average Bonchev–Trinajstić information content (AvgIpc) is 3.59. The largest absolute Gasteiger partial charge is 0.468 e. The third-order valence-electron chi connectivity index (χ3n) is 8.49. The van der Waals surface area contributed by atoms with Crippen LogP contribution in [0.3, 0.4) is 0 Å². The first kappa shape index (κ1) is 22.0. The Labute approximate surface area is 203 Å². The molecule has 4 unspecified atom stereocenters. The third-order valence-corrected chi connectivity index (χ3v) is 8.49. The number of fused-ring (bicyclic) bond motifs is 5. The van der Waals surface area contributed by atoms with Crippen LogP contribution in [0.5, 0.6) is 0 Å². The van der Waals surface area contributed by atoms with E-state index in [9.17, 15) is 19.5 Å². The van der Waals surface area contributed by atoms with Crippen LogP contribution in [0, 0.1) is 5.41 Å². The number of ether oxygens (including phenoxy) is 1. The summed E-state index contributed by atoms with van der Waals surface area (Å²) < 4.78 is 5.36. The molecule has 180 valence electrons. The van der Waals surface area contributed by atoms with Crippen molar-refractivity contribution in [2.45, 2.75) is 36.4 Å². The SMILES string of the molecule is C=CCN1C(=O)C(O)(C2(C(=O)OC)CC3(C(=O)Nc4ccccc43)N3CCCC32)c2ccccc21. The molecule has 2 N–H and O–H groups in total. The zero-order valence-electron chi connectivity index (χ0n) is 19.5.